The van der Waals surface area contributed by atoms with E-state index >= 15 is 0 Å². The zero-order chi connectivity index (χ0) is 15.1. The summed E-state index contributed by atoms with van der Waals surface area (Å²) in [5.74, 6) is 0. The van der Waals surface area contributed by atoms with Crippen LogP contribution in [0.5, 0.6) is 0 Å². The summed E-state index contributed by atoms with van der Waals surface area (Å²) in [5, 5.41) is 10.2. The monoisotopic (exact) mass is 284 g/mol. The molecule has 0 fully saturated rings. The van der Waals surface area contributed by atoms with Crippen molar-refractivity contribution in [1.29, 1.82) is 0 Å². The van der Waals surface area contributed by atoms with Crippen molar-refractivity contribution in [3.05, 3.63) is 71.8 Å². The fraction of sp³-hybridized carbons (Fsp3) is 0.333. The van der Waals surface area contributed by atoms with Crippen LogP contribution in [-0.2, 0) is 12.8 Å². The van der Waals surface area contributed by atoms with Gasteiger partial charge in [-0.25, -0.2) is 0 Å². The third-order valence-electron chi connectivity index (χ3n) is 3.69. The molecule has 0 aliphatic rings. The molecule has 0 amide bonds. The Morgan fingerprint density at radius 3 is 1.76 bits per heavy atom. The molecule has 0 aliphatic heterocycles. The van der Waals surface area contributed by atoms with Crippen molar-refractivity contribution in [1.82, 2.24) is 0 Å². The van der Waals surface area contributed by atoms with E-state index in [2.05, 4.69) is 12.1 Å². The topological polar surface area (TPSA) is 72.3 Å². The van der Waals surface area contributed by atoms with Crippen LogP contribution in [0.1, 0.15) is 17.5 Å². The summed E-state index contributed by atoms with van der Waals surface area (Å²) in [5.41, 5.74) is 14.5. The van der Waals surface area contributed by atoms with Crippen molar-refractivity contribution in [2.45, 2.75) is 37.5 Å². The second-order valence-electron chi connectivity index (χ2n) is 5.61. The summed E-state index contributed by atoms with van der Waals surface area (Å²) in [7, 11) is 0. The first-order valence-electron chi connectivity index (χ1n) is 7.42. The average Bonchev–Trinajstić information content (AvgIpc) is 2.49. The Balaban J connectivity index is 1.81. The maximum Gasteiger partial charge on any atom is 0.0709 e. The molecule has 0 aromatic heterocycles. The normalized spacial score (nSPS) is 15.4. The molecule has 3 atom stereocenters. The highest BCUT2D eigenvalue weighted by Gasteiger charge is 2.18. The minimum Gasteiger partial charge on any atom is -0.391 e. The van der Waals surface area contributed by atoms with Gasteiger partial charge in [0.2, 0.25) is 0 Å². The maximum atomic E-state index is 10.2. The molecule has 0 saturated carbocycles. The van der Waals surface area contributed by atoms with Gasteiger partial charge in [-0.15, -0.1) is 0 Å². The average molecular weight is 284 g/mol. The lowest BCUT2D eigenvalue weighted by atomic mass is 9.95. The smallest absolute Gasteiger partial charge is 0.0709 e. The first-order chi connectivity index (χ1) is 10.1. The van der Waals surface area contributed by atoms with Gasteiger partial charge in [-0.2, -0.15) is 0 Å². The predicted octanol–water partition coefficient (Wildman–Crippen LogP) is 1.88. The minimum atomic E-state index is -0.580. The molecule has 112 valence electrons. The highest BCUT2D eigenvalue weighted by atomic mass is 16.3. The molecule has 2 rings (SSSR count). The fourth-order valence-corrected chi connectivity index (χ4v) is 2.51. The van der Waals surface area contributed by atoms with Gasteiger partial charge in [-0.3, -0.25) is 0 Å². The van der Waals surface area contributed by atoms with E-state index in [-0.39, 0.29) is 12.1 Å². The standard InChI is InChI=1S/C18H24N2O/c19-16(11-14-7-3-1-4-8-14)13-18(21)17(20)12-15-9-5-2-6-10-15/h1-10,16-18,21H,11-13,19-20H2. The van der Waals surface area contributed by atoms with Crippen LogP contribution in [0.25, 0.3) is 0 Å². The lowest BCUT2D eigenvalue weighted by Crippen LogP contribution is -2.41. The molecular formula is C18H24N2O. The van der Waals surface area contributed by atoms with Crippen molar-refractivity contribution < 1.29 is 5.11 Å². The number of hydrogen-bond acceptors (Lipinski definition) is 3. The summed E-state index contributed by atoms with van der Waals surface area (Å²) < 4.78 is 0. The highest BCUT2D eigenvalue weighted by Crippen LogP contribution is 2.10. The van der Waals surface area contributed by atoms with Crippen molar-refractivity contribution >= 4 is 0 Å². The number of nitrogens with two attached hydrogens (primary N) is 2. The van der Waals surface area contributed by atoms with Crippen LogP contribution >= 0.6 is 0 Å². The highest BCUT2D eigenvalue weighted by molar-refractivity contribution is 5.17. The van der Waals surface area contributed by atoms with Crippen LogP contribution in [0.4, 0.5) is 0 Å². The molecule has 3 unspecified atom stereocenters. The van der Waals surface area contributed by atoms with Crippen LogP contribution in [0.15, 0.2) is 60.7 Å². The van der Waals surface area contributed by atoms with Gasteiger partial charge in [0.1, 0.15) is 0 Å². The van der Waals surface area contributed by atoms with Crippen LogP contribution in [0.2, 0.25) is 0 Å². The van der Waals surface area contributed by atoms with E-state index in [0.29, 0.717) is 12.8 Å². The Kier molecular flexibility index (Phi) is 5.93. The molecule has 2 aromatic rings. The summed E-state index contributed by atoms with van der Waals surface area (Å²) in [6, 6.07) is 19.7. The Morgan fingerprint density at radius 1 is 0.762 bits per heavy atom. The van der Waals surface area contributed by atoms with Crippen molar-refractivity contribution in [3.63, 3.8) is 0 Å². The summed E-state index contributed by atoms with van der Waals surface area (Å²) in [6.45, 7) is 0. The fourth-order valence-electron chi connectivity index (χ4n) is 2.51. The van der Waals surface area contributed by atoms with Gasteiger partial charge in [-0.1, -0.05) is 60.7 Å². The summed E-state index contributed by atoms with van der Waals surface area (Å²) in [6.07, 6.45) is 1.36. The van der Waals surface area contributed by atoms with Crippen molar-refractivity contribution in [3.8, 4) is 0 Å². The summed E-state index contributed by atoms with van der Waals surface area (Å²) >= 11 is 0. The molecule has 21 heavy (non-hydrogen) atoms. The van der Waals surface area contributed by atoms with E-state index in [0.717, 1.165) is 12.0 Å². The van der Waals surface area contributed by atoms with Gasteiger partial charge in [0.15, 0.2) is 0 Å². The Bertz CT molecular complexity index is 515. The van der Waals surface area contributed by atoms with Gasteiger partial charge in [0.25, 0.3) is 0 Å². The van der Waals surface area contributed by atoms with E-state index in [1.54, 1.807) is 0 Å². The van der Waals surface area contributed by atoms with E-state index in [1.807, 2.05) is 48.5 Å². The molecule has 0 saturated heterocycles. The van der Waals surface area contributed by atoms with Crippen molar-refractivity contribution in [2.24, 2.45) is 11.5 Å². The first-order valence-corrected chi connectivity index (χ1v) is 7.42. The molecule has 2 aromatic carbocycles. The van der Waals surface area contributed by atoms with E-state index in [1.165, 1.54) is 5.56 Å². The quantitative estimate of drug-likeness (QED) is 0.727. The Morgan fingerprint density at radius 2 is 1.24 bits per heavy atom. The third-order valence-corrected chi connectivity index (χ3v) is 3.69. The number of benzene rings is 2. The van der Waals surface area contributed by atoms with Gasteiger partial charge in [0.05, 0.1) is 6.10 Å². The van der Waals surface area contributed by atoms with E-state index in [9.17, 15) is 5.11 Å². The zero-order valence-corrected chi connectivity index (χ0v) is 12.2. The molecule has 0 radical (unpaired) electrons. The minimum absolute atomic E-state index is 0.0794. The molecular weight excluding hydrogens is 260 g/mol. The van der Waals surface area contributed by atoms with Crippen LogP contribution in [-0.4, -0.2) is 23.3 Å². The van der Waals surface area contributed by atoms with Crippen LogP contribution in [0.3, 0.4) is 0 Å². The zero-order valence-electron chi connectivity index (χ0n) is 12.2. The second kappa shape index (κ2) is 7.93. The van der Waals surface area contributed by atoms with Gasteiger partial charge in [-0.05, 0) is 30.4 Å². The third kappa shape index (κ3) is 5.31. The van der Waals surface area contributed by atoms with Crippen molar-refractivity contribution in [2.75, 3.05) is 0 Å². The number of aliphatic hydroxyl groups is 1. The van der Waals surface area contributed by atoms with Crippen LogP contribution in [0, 0.1) is 0 Å². The second-order valence-corrected chi connectivity index (χ2v) is 5.61. The van der Waals surface area contributed by atoms with Gasteiger partial charge >= 0.3 is 0 Å². The lowest BCUT2D eigenvalue weighted by Gasteiger charge is -2.22. The van der Waals surface area contributed by atoms with E-state index < -0.39 is 6.10 Å². The van der Waals surface area contributed by atoms with Gasteiger partial charge in [0, 0.05) is 12.1 Å². The number of hydrogen-bond donors (Lipinski definition) is 3. The first kappa shape index (κ1) is 15.7. The molecule has 3 heteroatoms. The molecule has 3 nitrogen and oxygen atoms in total. The van der Waals surface area contributed by atoms with Crippen LogP contribution < -0.4 is 11.5 Å². The molecule has 0 heterocycles. The van der Waals surface area contributed by atoms with E-state index in [4.69, 9.17) is 11.5 Å². The molecule has 0 bridgehead atoms. The van der Waals surface area contributed by atoms with Gasteiger partial charge < -0.3 is 16.6 Å². The Hall–Kier alpha value is -1.68. The SMILES string of the molecule is NC(Cc1ccccc1)CC(O)C(N)Cc1ccccc1. The number of aliphatic hydroxyl groups excluding tert-OH is 1. The Labute approximate surface area is 126 Å². The molecule has 0 spiro atoms. The predicted molar refractivity (Wildman–Crippen MR) is 86.9 cm³/mol. The molecule has 0 aliphatic carbocycles. The largest absolute Gasteiger partial charge is 0.391 e. The number of rotatable bonds is 7. The maximum absolute atomic E-state index is 10.2. The molecule has 5 N–H and O–H groups in total. The summed E-state index contributed by atoms with van der Waals surface area (Å²) in [4.78, 5) is 0. The lowest BCUT2D eigenvalue weighted by molar-refractivity contribution is 0.126.